The number of aryl methyl sites for hydroxylation is 1. The molecule has 0 radical (unpaired) electrons. The maximum absolute atomic E-state index is 12.5. The zero-order chi connectivity index (χ0) is 23.6. The number of carboxylic acid groups (broad SMARTS) is 1. The van der Waals surface area contributed by atoms with E-state index in [9.17, 15) is 9.59 Å². The highest BCUT2D eigenvalue weighted by molar-refractivity contribution is 5.95. The number of benzene rings is 1. The van der Waals surface area contributed by atoms with Gasteiger partial charge in [-0.1, -0.05) is 12.1 Å². The van der Waals surface area contributed by atoms with Crippen molar-refractivity contribution in [3.8, 4) is 5.75 Å². The molecule has 33 heavy (non-hydrogen) atoms. The normalized spacial score (nSPS) is 14.0. The van der Waals surface area contributed by atoms with Gasteiger partial charge in [0.1, 0.15) is 11.6 Å². The minimum atomic E-state index is -0.883. The van der Waals surface area contributed by atoms with Crippen molar-refractivity contribution >= 4 is 23.4 Å². The van der Waals surface area contributed by atoms with Crippen LogP contribution in [-0.2, 0) is 16.0 Å². The number of piperidine rings is 1. The zero-order valence-corrected chi connectivity index (χ0v) is 18.6. The Balaban J connectivity index is 1.41. The number of rotatable bonds is 11. The fraction of sp³-hybridized carbons (Fsp3) is 0.417. The summed E-state index contributed by atoms with van der Waals surface area (Å²) in [5.74, 6) is -0.347. The lowest BCUT2D eigenvalue weighted by atomic mass is 9.95. The van der Waals surface area contributed by atoms with Crippen molar-refractivity contribution in [1.82, 2.24) is 10.3 Å². The summed E-state index contributed by atoms with van der Waals surface area (Å²) in [5.41, 5.74) is 7.97. The van der Waals surface area contributed by atoms with Gasteiger partial charge in [-0.05, 0) is 49.4 Å². The lowest BCUT2D eigenvalue weighted by Crippen LogP contribution is -2.41. The summed E-state index contributed by atoms with van der Waals surface area (Å²) in [6.45, 7) is 2.55. The van der Waals surface area contributed by atoms with Gasteiger partial charge in [0.2, 0.25) is 5.91 Å². The Morgan fingerprint density at radius 1 is 1.21 bits per heavy atom. The van der Waals surface area contributed by atoms with E-state index in [2.05, 4.69) is 15.2 Å². The van der Waals surface area contributed by atoms with Gasteiger partial charge in [0.15, 0.2) is 0 Å². The van der Waals surface area contributed by atoms with Gasteiger partial charge < -0.3 is 25.8 Å². The number of anilines is 1. The van der Waals surface area contributed by atoms with E-state index >= 15 is 0 Å². The maximum Gasteiger partial charge on any atom is 0.303 e. The first-order valence-corrected chi connectivity index (χ1v) is 11.2. The van der Waals surface area contributed by atoms with Gasteiger partial charge in [0.05, 0.1) is 6.61 Å². The number of nitrogens with one attached hydrogen (secondary N) is 2. The quantitative estimate of drug-likeness (QED) is 0.232. The van der Waals surface area contributed by atoms with Crippen LogP contribution in [0.2, 0.25) is 0 Å². The van der Waals surface area contributed by atoms with Gasteiger partial charge >= 0.3 is 5.97 Å². The molecular formula is C24H31N5O4. The molecule has 3 rings (SSSR count). The number of carboxylic acids is 1. The number of ether oxygens (including phenoxy) is 1. The molecule has 1 aromatic carbocycles. The van der Waals surface area contributed by atoms with Crippen molar-refractivity contribution in [2.45, 2.75) is 32.1 Å². The maximum atomic E-state index is 12.5. The number of nitrogens with zero attached hydrogens (tertiary/aromatic N) is 2. The van der Waals surface area contributed by atoms with Crippen molar-refractivity contribution < 1.29 is 19.4 Å². The fourth-order valence-electron chi connectivity index (χ4n) is 3.87. The highest BCUT2D eigenvalue weighted by atomic mass is 16.5. The minimum Gasteiger partial charge on any atom is -0.493 e. The van der Waals surface area contributed by atoms with E-state index in [0.29, 0.717) is 37.3 Å². The predicted molar refractivity (Wildman–Crippen MR) is 126 cm³/mol. The van der Waals surface area contributed by atoms with Crippen molar-refractivity contribution in [2.75, 3.05) is 31.1 Å². The summed E-state index contributed by atoms with van der Waals surface area (Å²) < 4.78 is 5.84. The first kappa shape index (κ1) is 24.0. The van der Waals surface area contributed by atoms with Crippen LogP contribution in [0.25, 0.3) is 0 Å². The van der Waals surface area contributed by atoms with Crippen molar-refractivity contribution in [3.05, 3.63) is 53.9 Å². The molecule has 1 amide bonds. The highest BCUT2D eigenvalue weighted by Gasteiger charge is 2.24. The Bertz CT molecular complexity index is 959. The van der Waals surface area contributed by atoms with Crippen LogP contribution in [0.1, 0.15) is 36.8 Å². The molecule has 1 aromatic heterocycles. The predicted octanol–water partition coefficient (Wildman–Crippen LogP) is 2.18. The molecule has 0 unspecified atom stereocenters. The number of hydrogen-bond acceptors (Lipinski definition) is 6. The molecule has 0 saturated carbocycles. The average molecular weight is 454 g/mol. The van der Waals surface area contributed by atoms with Crippen LogP contribution < -0.4 is 20.7 Å². The molecule has 2 aromatic rings. The number of carbonyl (C=O) groups excluding carboxylic acids is 1. The van der Waals surface area contributed by atoms with Gasteiger partial charge in [0, 0.05) is 55.6 Å². The summed E-state index contributed by atoms with van der Waals surface area (Å²) in [6.07, 6.45) is 6.13. The standard InChI is InChI=1S/C24H31N5O4/c25-23(26)19-3-2-17(4-5-22(30)31)21(16-19)33-15-1-10-28-24(32)18-8-13-29(14-9-18)20-6-11-27-12-7-20/h2-3,6-7,11-12,16,18H,1,4-5,8-10,13-15H2,(H3,25,26)(H,28,32)(H,30,31). The molecule has 176 valence electrons. The van der Waals surface area contributed by atoms with Crippen LogP contribution in [-0.4, -0.2) is 54.0 Å². The number of nitrogen functional groups attached to an aromatic ring is 1. The molecule has 1 aliphatic heterocycles. The molecule has 5 N–H and O–H groups in total. The molecule has 0 atom stereocenters. The van der Waals surface area contributed by atoms with Gasteiger partial charge in [-0.3, -0.25) is 20.0 Å². The summed E-state index contributed by atoms with van der Waals surface area (Å²) >= 11 is 0. The van der Waals surface area contributed by atoms with E-state index < -0.39 is 5.97 Å². The van der Waals surface area contributed by atoms with Crippen molar-refractivity contribution in [2.24, 2.45) is 11.7 Å². The zero-order valence-electron chi connectivity index (χ0n) is 18.6. The van der Waals surface area contributed by atoms with Crippen LogP contribution in [0.4, 0.5) is 5.69 Å². The van der Waals surface area contributed by atoms with Crippen LogP contribution in [0.15, 0.2) is 42.7 Å². The molecule has 1 aliphatic rings. The second kappa shape index (κ2) is 11.8. The summed E-state index contributed by atoms with van der Waals surface area (Å²) in [6, 6.07) is 9.07. The molecule has 9 nitrogen and oxygen atoms in total. The van der Waals surface area contributed by atoms with Crippen molar-refractivity contribution in [1.29, 1.82) is 5.41 Å². The highest BCUT2D eigenvalue weighted by Crippen LogP contribution is 2.24. The van der Waals surface area contributed by atoms with E-state index in [1.807, 2.05) is 12.1 Å². The van der Waals surface area contributed by atoms with Gasteiger partial charge in [-0.25, -0.2) is 0 Å². The third kappa shape index (κ3) is 7.20. The van der Waals surface area contributed by atoms with Gasteiger partial charge in [-0.2, -0.15) is 0 Å². The van der Waals surface area contributed by atoms with E-state index in [1.165, 1.54) is 0 Å². The van der Waals surface area contributed by atoms with Crippen LogP contribution in [0, 0.1) is 11.3 Å². The number of aliphatic carboxylic acids is 1. The summed E-state index contributed by atoms with van der Waals surface area (Å²) in [5, 5.41) is 19.5. The second-order valence-corrected chi connectivity index (χ2v) is 8.09. The molecule has 0 spiro atoms. The van der Waals surface area contributed by atoms with Crippen molar-refractivity contribution in [3.63, 3.8) is 0 Å². The largest absolute Gasteiger partial charge is 0.493 e. The number of hydrogen-bond donors (Lipinski definition) is 4. The Morgan fingerprint density at radius 2 is 1.94 bits per heavy atom. The SMILES string of the molecule is N=C(N)c1ccc(CCC(=O)O)c(OCCCNC(=O)C2CCN(c3ccncc3)CC2)c1. The van der Waals surface area contributed by atoms with E-state index in [1.54, 1.807) is 30.6 Å². The molecule has 1 fully saturated rings. The molecule has 0 bridgehead atoms. The summed E-state index contributed by atoms with van der Waals surface area (Å²) in [7, 11) is 0. The van der Waals surface area contributed by atoms with E-state index in [4.69, 9.17) is 21.0 Å². The number of amidine groups is 1. The Kier molecular flexibility index (Phi) is 8.63. The monoisotopic (exact) mass is 453 g/mol. The number of aromatic nitrogens is 1. The Hall–Kier alpha value is -3.62. The van der Waals surface area contributed by atoms with Crippen LogP contribution in [0.3, 0.4) is 0 Å². The third-order valence-corrected chi connectivity index (χ3v) is 5.76. The minimum absolute atomic E-state index is 0.00812. The molecule has 2 heterocycles. The molecule has 9 heteroatoms. The number of pyridine rings is 1. The van der Waals surface area contributed by atoms with Crippen LogP contribution >= 0.6 is 0 Å². The number of carbonyl (C=O) groups is 2. The lowest BCUT2D eigenvalue weighted by Gasteiger charge is -2.32. The first-order chi connectivity index (χ1) is 15.9. The third-order valence-electron chi connectivity index (χ3n) is 5.76. The molecular weight excluding hydrogens is 422 g/mol. The number of nitrogens with two attached hydrogens (primary N) is 1. The van der Waals surface area contributed by atoms with E-state index in [-0.39, 0.29) is 24.1 Å². The fourth-order valence-corrected chi connectivity index (χ4v) is 3.87. The first-order valence-electron chi connectivity index (χ1n) is 11.2. The lowest BCUT2D eigenvalue weighted by molar-refractivity contribution is -0.137. The van der Waals surface area contributed by atoms with Gasteiger partial charge in [-0.15, -0.1) is 0 Å². The molecule has 1 saturated heterocycles. The second-order valence-electron chi connectivity index (χ2n) is 8.09. The van der Waals surface area contributed by atoms with E-state index in [0.717, 1.165) is 37.2 Å². The Labute approximate surface area is 193 Å². The summed E-state index contributed by atoms with van der Waals surface area (Å²) in [4.78, 5) is 29.7. The number of amides is 1. The Morgan fingerprint density at radius 3 is 2.61 bits per heavy atom. The van der Waals surface area contributed by atoms with Crippen LogP contribution in [0.5, 0.6) is 5.75 Å². The average Bonchev–Trinajstić information content (AvgIpc) is 2.83. The van der Waals surface area contributed by atoms with Gasteiger partial charge in [0.25, 0.3) is 0 Å². The topological polar surface area (TPSA) is 142 Å². The smallest absolute Gasteiger partial charge is 0.303 e. The molecule has 0 aliphatic carbocycles.